The Kier molecular flexibility index (Phi) is 3.87. The predicted molar refractivity (Wildman–Crippen MR) is 72.3 cm³/mol. The SMILES string of the molecule is Cc1nn(C)c(NCCn2cnc(C(=O)O)c2)c1[N+](=O)[O-]. The third kappa shape index (κ3) is 2.99. The molecular formula is C11H14N6O4. The Hall–Kier alpha value is -2.91. The van der Waals surface area contributed by atoms with Crippen LogP contribution >= 0.6 is 0 Å². The topological polar surface area (TPSA) is 128 Å². The van der Waals surface area contributed by atoms with Gasteiger partial charge in [0.05, 0.1) is 11.3 Å². The molecule has 0 unspecified atom stereocenters. The van der Waals surface area contributed by atoms with E-state index in [1.165, 1.54) is 17.2 Å². The highest BCUT2D eigenvalue weighted by Crippen LogP contribution is 2.26. The molecule has 0 aromatic carbocycles. The van der Waals surface area contributed by atoms with Crippen molar-refractivity contribution >= 4 is 17.5 Å². The number of nitrogens with one attached hydrogen (secondary N) is 1. The average molecular weight is 294 g/mol. The Bertz CT molecular complexity index is 689. The van der Waals surface area contributed by atoms with Gasteiger partial charge in [0.1, 0.15) is 5.69 Å². The highest BCUT2D eigenvalue weighted by molar-refractivity contribution is 5.84. The van der Waals surface area contributed by atoms with Crippen molar-refractivity contribution in [1.82, 2.24) is 19.3 Å². The molecule has 0 fully saturated rings. The zero-order valence-corrected chi connectivity index (χ0v) is 11.5. The zero-order chi connectivity index (χ0) is 15.6. The summed E-state index contributed by atoms with van der Waals surface area (Å²) in [5.41, 5.74) is 0.229. The molecule has 10 nitrogen and oxygen atoms in total. The number of carbonyl (C=O) groups is 1. The Morgan fingerprint density at radius 2 is 2.29 bits per heavy atom. The number of hydrogen-bond acceptors (Lipinski definition) is 6. The quantitative estimate of drug-likeness (QED) is 0.591. The maximum Gasteiger partial charge on any atom is 0.356 e. The Morgan fingerprint density at radius 3 is 2.86 bits per heavy atom. The monoisotopic (exact) mass is 294 g/mol. The Labute approximate surface area is 119 Å². The average Bonchev–Trinajstić information content (AvgIpc) is 2.95. The summed E-state index contributed by atoms with van der Waals surface area (Å²) in [5.74, 6) is -0.782. The van der Waals surface area contributed by atoms with Gasteiger partial charge in [-0.15, -0.1) is 0 Å². The van der Waals surface area contributed by atoms with Crippen LogP contribution in [0, 0.1) is 17.0 Å². The molecule has 2 rings (SSSR count). The molecular weight excluding hydrogens is 280 g/mol. The van der Waals surface area contributed by atoms with Gasteiger partial charge in [-0.2, -0.15) is 5.10 Å². The molecule has 0 spiro atoms. The highest BCUT2D eigenvalue weighted by Gasteiger charge is 2.23. The number of nitro groups is 1. The molecule has 0 bridgehead atoms. The first kappa shape index (κ1) is 14.5. The first-order valence-corrected chi connectivity index (χ1v) is 6.07. The number of aromatic carboxylic acids is 1. The fourth-order valence-electron chi connectivity index (χ4n) is 1.96. The third-order valence-electron chi connectivity index (χ3n) is 2.89. The van der Waals surface area contributed by atoms with Crippen LogP contribution in [0.15, 0.2) is 12.5 Å². The van der Waals surface area contributed by atoms with Crippen molar-refractivity contribution in [3.8, 4) is 0 Å². The lowest BCUT2D eigenvalue weighted by Gasteiger charge is -2.06. The normalized spacial score (nSPS) is 10.6. The summed E-state index contributed by atoms with van der Waals surface area (Å²) in [7, 11) is 1.61. The molecule has 2 aromatic heterocycles. The van der Waals surface area contributed by atoms with E-state index in [1.54, 1.807) is 18.5 Å². The van der Waals surface area contributed by atoms with E-state index in [4.69, 9.17) is 5.11 Å². The number of anilines is 1. The molecule has 0 amide bonds. The molecule has 0 saturated carbocycles. The second-order valence-electron chi connectivity index (χ2n) is 4.39. The lowest BCUT2D eigenvalue weighted by atomic mass is 10.4. The smallest absolute Gasteiger partial charge is 0.356 e. The number of imidazole rings is 1. The number of carboxylic acid groups (broad SMARTS) is 1. The summed E-state index contributed by atoms with van der Waals surface area (Å²) in [6.45, 7) is 2.36. The Morgan fingerprint density at radius 1 is 1.57 bits per heavy atom. The number of nitrogens with zero attached hydrogens (tertiary/aromatic N) is 5. The Balaban J connectivity index is 2.03. The van der Waals surface area contributed by atoms with Gasteiger partial charge in [-0.25, -0.2) is 14.5 Å². The molecule has 2 aromatic rings. The van der Waals surface area contributed by atoms with E-state index in [0.29, 0.717) is 24.6 Å². The maximum absolute atomic E-state index is 11.0. The van der Waals surface area contributed by atoms with Gasteiger partial charge in [-0.05, 0) is 6.92 Å². The number of hydrogen-bond donors (Lipinski definition) is 2. The molecule has 21 heavy (non-hydrogen) atoms. The third-order valence-corrected chi connectivity index (χ3v) is 2.89. The molecule has 2 heterocycles. The number of aryl methyl sites for hydroxylation is 2. The van der Waals surface area contributed by atoms with Crippen LogP contribution in [0.25, 0.3) is 0 Å². The predicted octanol–water partition coefficient (Wildman–Crippen LogP) is 0.644. The van der Waals surface area contributed by atoms with Crippen molar-refractivity contribution in [3.05, 3.63) is 34.0 Å². The van der Waals surface area contributed by atoms with Crippen LogP contribution in [0.4, 0.5) is 11.5 Å². The summed E-state index contributed by atoms with van der Waals surface area (Å²) < 4.78 is 3.00. The van der Waals surface area contributed by atoms with E-state index in [-0.39, 0.29) is 11.4 Å². The highest BCUT2D eigenvalue weighted by atomic mass is 16.6. The van der Waals surface area contributed by atoms with Crippen LogP contribution in [0.5, 0.6) is 0 Å². The van der Waals surface area contributed by atoms with E-state index >= 15 is 0 Å². The van der Waals surface area contributed by atoms with Crippen molar-refractivity contribution < 1.29 is 14.8 Å². The molecule has 2 N–H and O–H groups in total. The van der Waals surface area contributed by atoms with Gasteiger partial charge in [0.15, 0.2) is 5.69 Å². The minimum atomic E-state index is -1.10. The van der Waals surface area contributed by atoms with Crippen LogP contribution in [0.1, 0.15) is 16.2 Å². The lowest BCUT2D eigenvalue weighted by molar-refractivity contribution is -0.384. The van der Waals surface area contributed by atoms with Crippen LogP contribution in [0.3, 0.4) is 0 Å². The fourth-order valence-corrected chi connectivity index (χ4v) is 1.96. The largest absolute Gasteiger partial charge is 0.476 e. The van der Waals surface area contributed by atoms with E-state index in [1.807, 2.05) is 0 Å². The van der Waals surface area contributed by atoms with Crippen LogP contribution < -0.4 is 5.32 Å². The summed E-state index contributed by atoms with van der Waals surface area (Å²) >= 11 is 0. The summed E-state index contributed by atoms with van der Waals surface area (Å²) in [4.78, 5) is 24.9. The van der Waals surface area contributed by atoms with Gasteiger partial charge in [-0.3, -0.25) is 10.1 Å². The van der Waals surface area contributed by atoms with Crippen molar-refractivity contribution in [2.45, 2.75) is 13.5 Å². The lowest BCUT2D eigenvalue weighted by Crippen LogP contribution is -2.12. The zero-order valence-electron chi connectivity index (χ0n) is 11.5. The van der Waals surface area contributed by atoms with Crippen LogP contribution in [0.2, 0.25) is 0 Å². The molecule has 10 heteroatoms. The van der Waals surface area contributed by atoms with E-state index in [2.05, 4.69) is 15.4 Å². The summed E-state index contributed by atoms with van der Waals surface area (Å²) in [6.07, 6.45) is 2.79. The summed E-state index contributed by atoms with van der Waals surface area (Å²) in [5, 5.41) is 26.7. The first-order valence-electron chi connectivity index (χ1n) is 6.07. The maximum atomic E-state index is 11.0. The van der Waals surface area contributed by atoms with Crippen molar-refractivity contribution in [3.63, 3.8) is 0 Å². The molecule has 0 aliphatic carbocycles. The van der Waals surface area contributed by atoms with Gasteiger partial charge in [0, 0.05) is 26.3 Å². The minimum absolute atomic E-state index is 0.0441. The molecule has 0 saturated heterocycles. The van der Waals surface area contributed by atoms with Crippen molar-refractivity contribution in [1.29, 1.82) is 0 Å². The second kappa shape index (κ2) is 5.61. The van der Waals surface area contributed by atoms with Crippen molar-refractivity contribution in [2.75, 3.05) is 11.9 Å². The molecule has 0 atom stereocenters. The van der Waals surface area contributed by atoms with Gasteiger partial charge < -0.3 is 15.0 Å². The van der Waals surface area contributed by atoms with Gasteiger partial charge in [0.2, 0.25) is 5.82 Å². The molecule has 0 aliphatic rings. The van der Waals surface area contributed by atoms with Gasteiger partial charge in [-0.1, -0.05) is 0 Å². The number of carboxylic acids is 1. The molecule has 0 radical (unpaired) electrons. The van der Waals surface area contributed by atoms with Crippen LogP contribution in [-0.4, -0.2) is 41.9 Å². The molecule has 0 aliphatic heterocycles. The van der Waals surface area contributed by atoms with E-state index in [0.717, 1.165) is 0 Å². The first-order chi connectivity index (χ1) is 9.90. The minimum Gasteiger partial charge on any atom is -0.476 e. The number of aromatic nitrogens is 4. The van der Waals surface area contributed by atoms with Gasteiger partial charge >= 0.3 is 11.7 Å². The van der Waals surface area contributed by atoms with Crippen molar-refractivity contribution in [2.24, 2.45) is 7.05 Å². The van der Waals surface area contributed by atoms with E-state index in [9.17, 15) is 14.9 Å². The van der Waals surface area contributed by atoms with E-state index < -0.39 is 10.9 Å². The van der Waals surface area contributed by atoms with Gasteiger partial charge in [0.25, 0.3) is 0 Å². The van der Waals surface area contributed by atoms with Crippen LogP contribution in [-0.2, 0) is 13.6 Å². The standard InChI is InChI=1S/C11H14N6O4/c1-7-9(17(20)21)10(15(2)14-7)12-3-4-16-5-8(11(18)19)13-6-16/h5-6,12H,3-4H2,1-2H3,(H,18,19). The second-order valence-corrected chi connectivity index (χ2v) is 4.39. The number of rotatable bonds is 6. The molecule has 112 valence electrons. The summed E-state index contributed by atoms with van der Waals surface area (Å²) in [6, 6.07) is 0. The fraction of sp³-hybridized carbons (Fsp3) is 0.364.